The van der Waals surface area contributed by atoms with Crippen LogP contribution in [0.4, 0.5) is 17.5 Å². The zero-order valence-electron chi connectivity index (χ0n) is 15.4. The van der Waals surface area contributed by atoms with Gasteiger partial charge in [0, 0.05) is 17.7 Å². The van der Waals surface area contributed by atoms with Crippen LogP contribution in [0, 0.1) is 0 Å². The minimum atomic E-state index is -0.400. The number of carbonyl (C=O) groups excluding carboxylic acids is 1. The number of amides is 1. The van der Waals surface area contributed by atoms with Crippen molar-refractivity contribution in [3.63, 3.8) is 0 Å². The molecular weight excluding hydrogens is 462 g/mol. The van der Waals surface area contributed by atoms with E-state index >= 15 is 0 Å². The van der Waals surface area contributed by atoms with Crippen LogP contribution < -0.4 is 16.0 Å². The van der Waals surface area contributed by atoms with E-state index in [2.05, 4.69) is 46.9 Å². The van der Waals surface area contributed by atoms with Gasteiger partial charge in [-0.2, -0.15) is 10.1 Å². The third kappa shape index (κ3) is 5.66. The topological polar surface area (TPSA) is 117 Å². The van der Waals surface area contributed by atoms with Gasteiger partial charge in [-0.3, -0.25) is 9.48 Å². The second-order valence-corrected chi connectivity index (χ2v) is 7.37. The SMILES string of the molecule is CNC(=O)Cn1cc(Nc2ncc(Cl)c(N[C@H](CO)c3cccc(Br)c3)n2)cn1. The van der Waals surface area contributed by atoms with Crippen LogP contribution in [0.15, 0.2) is 47.3 Å². The molecule has 0 aliphatic heterocycles. The Morgan fingerprint density at radius 1 is 1.38 bits per heavy atom. The van der Waals surface area contributed by atoms with Gasteiger partial charge in [0.1, 0.15) is 11.6 Å². The Morgan fingerprint density at radius 3 is 2.93 bits per heavy atom. The number of rotatable bonds is 8. The summed E-state index contributed by atoms with van der Waals surface area (Å²) in [5, 5.41) is 22.9. The molecule has 0 radical (unpaired) electrons. The molecule has 29 heavy (non-hydrogen) atoms. The first kappa shape index (κ1) is 21.0. The predicted octanol–water partition coefficient (Wildman–Crippen LogP) is 2.72. The largest absolute Gasteiger partial charge is 0.394 e. The van der Waals surface area contributed by atoms with Gasteiger partial charge in [0.15, 0.2) is 5.82 Å². The number of benzene rings is 1. The average molecular weight is 481 g/mol. The highest BCUT2D eigenvalue weighted by molar-refractivity contribution is 9.10. The number of likely N-dealkylation sites (N-methyl/N-ethyl adjacent to an activating group) is 1. The monoisotopic (exact) mass is 479 g/mol. The van der Waals surface area contributed by atoms with Crippen molar-refractivity contribution in [3.8, 4) is 0 Å². The lowest BCUT2D eigenvalue weighted by atomic mass is 10.1. The van der Waals surface area contributed by atoms with Crippen LogP contribution in [0.5, 0.6) is 0 Å². The van der Waals surface area contributed by atoms with E-state index in [1.807, 2.05) is 24.3 Å². The fraction of sp³-hybridized carbons (Fsp3) is 0.222. The number of hydrogen-bond acceptors (Lipinski definition) is 7. The van der Waals surface area contributed by atoms with Crippen LogP contribution in [-0.4, -0.2) is 44.4 Å². The maximum Gasteiger partial charge on any atom is 0.241 e. The maximum atomic E-state index is 11.4. The fourth-order valence-corrected chi connectivity index (χ4v) is 3.08. The van der Waals surface area contributed by atoms with Crippen LogP contribution in [0.1, 0.15) is 11.6 Å². The number of aromatic nitrogens is 4. The Bertz CT molecular complexity index is 998. The lowest BCUT2D eigenvalue weighted by Gasteiger charge is -2.18. The van der Waals surface area contributed by atoms with Crippen molar-refractivity contribution in [2.45, 2.75) is 12.6 Å². The van der Waals surface area contributed by atoms with Crippen molar-refractivity contribution < 1.29 is 9.90 Å². The second-order valence-electron chi connectivity index (χ2n) is 6.05. The minimum Gasteiger partial charge on any atom is -0.394 e. The number of halogens is 2. The Labute approximate surface area is 180 Å². The molecular formula is C18H19BrClN7O2. The molecule has 1 aromatic carbocycles. The summed E-state index contributed by atoms with van der Waals surface area (Å²) in [5.41, 5.74) is 1.49. The number of nitrogens with one attached hydrogen (secondary N) is 3. The summed E-state index contributed by atoms with van der Waals surface area (Å²) in [4.78, 5) is 20.0. The molecule has 152 valence electrons. The van der Waals surface area contributed by atoms with E-state index in [0.29, 0.717) is 22.5 Å². The van der Waals surface area contributed by atoms with Gasteiger partial charge >= 0.3 is 0 Å². The Balaban J connectivity index is 1.75. The molecule has 0 unspecified atom stereocenters. The highest BCUT2D eigenvalue weighted by Crippen LogP contribution is 2.27. The molecule has 3 aromatic rings. The van der Waals surface area contributed by atoms with E-state index in [4.69, 9.17) is 11.6 Å². The third-order valence-corrected chi connectivity index (χ3v) is 4.73. The standard InChI is InChI=1S/C18H19BrClN7O2/c1-21-16(29)9-27-8-13(6-23-27)24-18-22-7-14(20)17(26-18)25-15(10-28)11-3-2-4-12(19)5-11/h2-8,15,28H,9-10H2,1H3,(H,21,29)(H2,22,24,25,26)/t15-/m1/s1. The van der Waals surface area contributed by atoms with Gasteiger partial charge in [-0.25, -0.2) is 4.98 Å². The summed E-state index contributed by atoms with van der Waals surface area (Å²) in [5.74, 6) is 0.514. The summed E-state index contributed by atoms with van der Waals surface area (Å²) in [7, 11) is 1.56. The van der Waals surface area contributed by atoms with Crippen LogP contribution in [-0.2, 0) is 11.3 Å². The van der Waals surface area contributed by atoms with Gasteiger partial charge in [-0.15, -0.1) is 0 Å². The quantitative estimate of drug-likeness (QED) is 0.392. The molecule has 4 N–H and O–H groups in total. The molecule has 0 spiro atoms. The van der Waals surface area contributed by atoms with Gasteiger partial charge in [-0.1, -0.05) is 39.7 Å². The van der Waals surface area contributed by atoms with Crippen molar-refractivity contribution in [1.82, 2.24) is 25.1 Å². The summed E-state index contributed by atoms with van der Waals surface area (Å²) in [6, 6.07) is 7.19. The number of anilines is 3. The van der Waals surface area contributed by atoms with Crippen LogP contribution in [0.3, 0.4) is 0 Å². The van der Waals surface area contributed by atoms with Crippen molar-refractivity contribution >= 4 is 50.9 Å². The molecule has 0 bridgehead atoms. The summed E-state index contributed by atoms with van der Waals surface area (Å²) in [6.45, 7) is -0.0386. The zero-order valence-corrected chi connectivity index (χ0v) is 17.8. The molecule has 11 heteroatoms. The molecule has 1 amide bonds. The van der Waals surface area contributed by atoms with E-state index in [0.717, 1.165) is 10.0 Å². The molecule has 9 nitrogen and oxygen atoms in total. The molecule has 2 aromatic heterocycles. The van der Waals surface area contributed by atoms with Crippen molar-refractivity contribution in [1.29, 1.82) is 0 Å². The van der Waals surface area contributed by atoms with Gasteiger partial charge in [-0.05, 0) is 17.7 Å². The summed E-state index contributed by atoms with van der Waals surface area (Å²) in [6.07, 6.45) is 4.69. The number of aliphatic hydroxyl groups excluding tert-OH is 1. The second kappa shape index (κ2) is 9.68. The summed E-state index contributed by atoms with van der Waals surface area (Å²) < 4.78 is 2.39. The molecule has 2 heterocycles. The van der Waals surface area contributed by atoms with Gasteiger partial charge < -0.3 is 21.1 Å². The fourth-order valence-electron chi connectivity index (χ4n) is 2.52. The first-order valence-electron chi connectivity index (χ1n) is 8.64. The Hall–Kier alpha value is -2.69. The molecule has 0 saturated heterocycles. The first-order chi connectivity index (χ1) is 14.0. The molecule has 3 rings (SSSR count). The average Bonchev–Trinajstić information content (AvgIpc) is 3.14. The first-order valence-corrected chi connectivity index (χ1v) is 9.81. The van der Waals surface area contributed by atoms with E-state index in [1.165, 1.54) is 10.9 Å². The summed E-state index contributed by atoms with van der Waals surface area (Å²) >= 11 is 9.65. The normalized spacial score (nSPS) is 11.7. The van der Waals surface area contributed by atoms with E-state index < -0.39 is 6.04 Å². The molecule has 0 aliphatic carbocycles. The smallest absolute Gasteiger partial charge is 0.241 e. The lowest BCUT2D eigenvalue weighted by molar-refractivity contribution is -0.121. The van der Waals surface area contributed by atoms with E-state index in [1.54, 1.807) is 19.4 Å². The van der Waals surface area contributed by atoms with Gasteiger partial charge in [0.2, 0.25) is 11.9 Å². The van der Waals surface area contributed by atoms with Crippen LogP contribution in [0.2, 0.25) is 5.02 Å². The molecule has 0 fully saturated rings. The van der Waals surface area contributed by atoms with Crippen LogP contribution in [0.25, 0.3) is 0 Å². The highest BCUT2D eigenvalue weighted by Gasteiger charge is 2.15. The lowest BCUT2D eigenvalue weighted by Crippen LogP contribution is -2.23. The van der Waals surface area contributed by atoms with Gasteiger partial charge in [0.05, 0.1) is 30.7 Å². The minimum absolute atomic E-state index is 0.108. The van der Waals surface area contributed by atoms with Gasteiger partial charge in [0.25, 0.3) is 0 Å². The number of nitrogens with zero attached hydrogens (tertiary/aromatic N) is 4. The highest BCUT2D eigenvalue weighted by atomic mass is 79.9. The zero-order chi connectivity index (χ0) is 20.8. The Kier molecular flexibility index (Phi) is 7.02. The Morgan fingerprint density at radius 2 is 2.21 bits per heavy atom. The number of hydrogen-bond donors (Lipinski definition) is 4. The van der Waals surface area contributed by atoms with E-state index in [-0.39, 0.29) is 19.1 Å². The molecule has 0 saturated carbocycles. The van der Waals surface area contributed by atoms with Crippen molar-refractivity contribution in [3.05, 3.63) is 57.9 Å². The third-order valence-electron chi connectivity index (χ3n) is 3.96. The van der Waals surface area contributed by atoms with Crippen molar-refractivity contribution in [2.24, 2.45) is 0 Å². The van der Waals surface area contributed by atoms with E-state index in [9.17, 15) is 9.90 Å². The van der Waals surface area contributed by atoms with Crippen molar-refractivity contribution in [2.75, 3.05) is 24.3 Å². The molecule has 1 atom stereocenters. The maximum absolute atomic E-state index is 11.4. The van der Waals surface area contributed by atoms with Crippen LogP contribution >= 0.6 is 27.5 Å². The predicted molar refractivity (Wildman–Crippen MR) is 114 cm³/mol. The molecule has 0 aliphatic rings. The number of carbonyl (C=O) groups is 1. The number of aliphatic hydroxyl groups is 1.